The molecule has 0 aromatic heterocycles. The van der Waals surface area contributed by atoms with Gasteiger partial charge in [0.15, 0.2) is 0 Å². The van der Waals surface area contributed by atoms with E-state index in [1.807, 2.05) is 0 Å². The highest BCUT2D eigenvalue weighted by Gasteiger charge is 2.21. The average Bonchev–Trinajstić information content (AvgIpc) is 2.20. The molecule has 15 heavy (non-hydrogen) atoms. The van der Waals surface area contributed by atoms with Gasteiger partial charge in [-0.3, -0.25) is 4.79 Å². The number of hydrogen-bond acceptors (Lipinski definition) is 6. The molecule has 0 spiro atoms. The number of carboxylic acids is 1. The minimum absolute atomic E-state index is 0.122. The number of amides is 2. The number of carbonyl (C=O) groups is 2. The zero-order chi connectivity index (χ0) is 11.8. The van der Waals surface area contributed by atoms with E-state index in [4.69, 9.17) is 5.11 Å². The third-order valence-corrected chi connectivity index (χ3v) is 5.00. The Hall–Kier alpha value is 0.140. The Labute approximate surface area is 106 Å². The van der Waals surface area contributed by atoms with Crippen LogP contribution in [0.2, 0.25) is 0 Å². The van der Waals surface area contributed by atoms with E-state index in [-0.39, 0.29) is 11.8 Å². The smallest absolute Gasteiger partial charge is 0.360 e. The predicted molar refractivity (Wildman–Crippen MR) is 69.7 cm³/mol. The molecule has 0 aliphatic heterocycles. The van der Waals surface area contributed by atoms with Crippen LogP contribution in [0.3, 0.4) is 0 Å². The van der Waals surface area contributed by atoms with Crippen LogP contribution in [-0.4, -0.2) is 49.0 Å². The summed E-state index contributed by atoms with van der Waals surface area (Å²) >= 11 is 4.74. The molecule has 5 nitrogen and oxygen atoms in total. The Morgan fingerprint density at radius 1 is 1.07 bits per heavy atom. The Morgan fingerprint density at radius 2 is 1.53 bits per heavy atom. The van der Waals surface area contributed by atoms with Crippen molar-refractivity contribution in [1.82, 2.24) is 7.42 Å². The first kappa shape index (κ1) is 15.1. The third kappa shape index (κ3) is 5.69. The number of hydrogen-bond donors (Lipinski definition) is 1. The number of rotatable bonds is 6. The predicted octanol–water partition coefficient (Wildman–Crippen LogP) is 2.28. The molecule has 9 heteroatoms. The molecule has 1 N–H and O–H groups in total. The van der Waals surface area contributed by atoms with Crippen molar-refractivity contribution in [2.24, 2.45) is 0 Å². The molecule has 0 radical (unpaired) electrons. The summed E-state index contributed by atoms with van der Waals surface area (Å²) in [4.78, 5) is 22.1. The lowest BCUT2D eigenvalue weighted by atomic mass is 10.8. The van der Waals surface area contributed by atoms with Crippen LogP contribution >= 0.6 is 47.8 Å². The lowest BCUT2D eigenvalue weighted by Gasteiger charge is -2.23. The Bertz CT molecular complexity index is 224. The summed E-state index contributed by atoms with van der Waals surface area (Å²) in [5.74, 6) is -1.06. The van der Waals surface area contributed by atoms with Gasteiger partial charge in [-0.15, -0.1) is 0 Å². The zero-order valence-electron chi connectivity index (χ0n) is 8.50. The number of urea groups is 1. The summed E-state index contributed by atoms with van der Waals surface area (Å²) in [6.07, 6.45) is 5.30. The highest BCUT2D eigenvalue weighted by atomic mass is 32.2. The Balaban J connectivity index is 4.25. The molecule has 0 aliphatic carbocycles. The van der Waals surface area contributed by atoms with E-state index in [1.165, 1.54) is 43.3 Å². The summed E-state index contributed by atoms with van der Waals surface area (Å²) in [5.41, 5.74) is 0. The third-order valence-electron chi connectivity index (χ3n) is 1.12. The second kappa shape index (κ2) is 8.31. The summed E-state index contributed by atoms with van der Waals surface area (Å²) in [5, 5.41) is 8.50. The molecular weight excluding hydrogens is 276 g/mol. The second-order valence-corrected chi connectivity index (χ2v) is 5.58. The number of carboxylic acid groups (broad SMARTS) is 1. The normalized spacial score (nSPS) is 9.80. The van der Waals surface area contributed by atoms with E-state index in [0.29, 0.717) is 0 Å². The van der Waals surface area contributed by atoms with Gasteiger partial charge in [0.2, 0.25) is 0 Å². The molecule has 0 bridgehead atoms. The van der Waals surface area contributed by atoms with Gasteiger partial charge in [-0.05, 0) is 47.8 Å². The Kier molecular flexibility index (Phi) is 8.39. The van der Waals surface area contributed by atoms with E-state index < -0.39 is 5.97 Å². The second-order valence-electron chi connectivity index (χ2n) is 2.01. The van der Waals surface area contributed by atoms with Gasteiger partial charge in [0.05, 0.1) is 0 Å². The fraction of sp³-hybridized carbons (Fsp3) is 0.667. The van der Waals surface area contributed by atoms with Crippen molar-refractivity contribution >= 4 is 59.8 Å². The molecule has 0 heterocycles. The van der Waals surface area contributed by atoms with Crippen molar-refractivity contribution in [2.75, 3.05) is 24.5 Å². The first-order valence-corrected chi connectivity index (χ1v) is 8.16. The number of carbonyl (C=O) groups excluding carboxylic acids is 1. The van der Waals surface area contributed by atoms with Crippen molar-refractivity contribution in [2.45, 2.75) is 0 Å². The molecule has 88 valence electrons. The highest BCUT2D eigenvalue weighted by Crippen LogP contribution is 2.27. The average molecular weight is 288 g/mol. The maximum atomic E-state index is 11.7. The van der Waals surface area contributed by atoms with Gasteiger partial charge < -0.3 is 5.11 Å². The number of nitrogens with zero attached hydrogens (tertiary/aromatic N) is 2. The fourth-order valence-electron chi connectivity index (χ4n) is 0.597. The van der Waals surface area contributed by atoms with Gasteiger partial charge in [-0.1, -0.05) is 0 Å². The molecular formula is C6H12N2O3S4. The van der Waals surface area contributed by atoms with E-state index >= 15 is 0 Å². The molecule has 2 amide bonds. The van der Waals surface area contributed by atoms with Gasteiger partial charge >= 0.3 is 12.0 Å². The van der Waals surface area contributed by atoms with Gasteiger partial charge in [0.1, 0.15) is 5.75 Å². The summed E-state index contributed by atoms with van der Waals surface area (Å²) in [6, 6.07) is -0.228. The lowest BCUT2D eigenvalue weighted by molar-refractivity contribution is -0.133. The maximum absolute atomic E-state index is 11.7. The molecule has 0 rings (SSSR count). The largest absolute Gasteiger partial charge is 0.481 e. The van der Waals surface area contributed by atoms with E-state index in [0.717, 1.165) is 11.9 Å². The van der Waals surface area contributed by atoms with E-state index in [9.17, 15) is 9.59 Å². The molecule has 0 aromatic carbocycles. The van der Waals surface area contributed by atoms with Crippen LogP contribution in [-0.2, 0) is 4.79 Å². The molecule has 0 saturated heterocycles. The topological polar surface area (TPSA) is 60.9 Å². The van der Waals surface area contributed by atoms with Crippen molar-refractivity contribution in [3.8, 4) is 0 Å². The quantitative estimate of drug-likeness (QED) is 0.752. The fourth-order valence-corrected chi connectivity index (χ4v) is 3.11. The van der Waals surface area contributed by atoms with Crippen molar-refractivity contribution < 1.29 is 14.7 Å². The zero-order valence-corrected chi connectivity index (χ0v) is 11.8. The van der Waals surface area contributed by atoms with Crippen LogP contribution in [0.25, 0.3) is 0 Å². The molecule has 0 aromatic rings. The van der Waals surface area contributed by atoms with E-state index in [1.54, 1.807) is 18.8 Å². The summed E-state index contributed by atoms with van der Waals surface area (Å²) in [6.45, 7) is 0. The van der Waals surface area contributed by atoms with Crippen LogP contribution in [0.15, 0.2) is 0 Å². The van der Waals surface area contributed by atoms with Gasteiger partial charge in [0, 0.05) is 18.8 Å². The maximum Gasteiger partial charge on any atom is 0.360 e. The van der Waals surface area contributed by atoms with Crippen LogP contribution in [0.1, 0.15) is 0 Å². The van der Waals surface area contributed by atoms with Gasteiger partial charge in [-0.25, -0.2) is 12.2 Å². The standard InChI is InChI=1S/C6H12N2O3S4/c1-12-7(13-2)6(11)8(14-3)15-4-5(9)10/h4H2,1-3H3,(H,9,10). The number of aliphatic carboxylic acids is 1. The van der Waals surface area contributed by atoms with Crippen LogP contribution in [0, 0.1) is 0 Å². The Morgan fingerprint density at radius 3 is 1.87 bits per heavy atom. The van der Waals surface area contributed by atoms with E-state index in [2.05, 4.69) is 0 Å². The minimum atomic E-state index is -0.938. The molecule has 0 saturated carbocycles. The van der Waals surface area contributed by atoms with Gasteiger partial charge in [0.25, 0.3) is 0 Å². The molecule has 0 aliphatic rings. The molecule has 0 fully saturated rings. The summed E-state index contributed by atoms with van der Waals surface area (Å²) in [7, 11) is 0. The van der Waals surface area contributed by atoms with Crippen molar-refractivity contribution in [1.29, 1.82) is 0 Å². The highest BCUT2D eigenvalue weighted by molar-refractivity contribution is 8.14. The minimum Gasteiger partial charge on any atom is -0.481 e. The summed E-state index contributed by atoms with van der Waals surface area (Å²) < 4.78 is 2.83. The van der Waals surface area contributed by atoms with Crippen LogP contribution in [0.4, 0.5) is 4.79 Å². The van der Waals surface area contributed by atoms with Crippen molar-refractivity contribution in [3.05, 3.63) is 0 Å². The first-order chi connectivity index (χ1) is 7.06. The molecule has 0 atom stereocenters. The molecule has 0 unspecified atom stereocenters. The van der Waals surface area contributed by atoms with Gasteiger partial charge in [-0.2, -0.15) is 0 Å². The first-order valence-electron chi connectivity index (χ1n) is 3.68. The van der Waals surface area contributed by atoms with Crippen molar-refractivity contribution in [3.63, 3.8) is 0 Å². The SMILES string of the molecule is CSN(SC)C(=O)N(SC)SCC(=O)O. The lowest BCUT2D eigenvalue weighted by Crippen LogP contribution is -2.27. The monoisotopic (exact) mass is 288 g/mol. The van der Waals surface area contributed by atoms with Crippen LogP contribution in [0.5, 0.6) is 0 Å². The van der Waals surface area contributed by atoms with Crippen LogP contribution < -0.4 is 0 Å².